The zero-order valence-electron chi connectivity index (χ0n) is 24.0. The van der Waals surface area contributed by atoms with Crippen LogP contribution in [0.5, 0.6) is 0 Å². The van der Waals surface area contributed by atoms with E-state index >= 15 is 0 Å². The summed E-state index contributed by atoms with van der Waals surface area (Å²) in [4.78, 5) is 23.6. The van der Waals surface area contributed by atoms with Gasteiger partial charge in [0.15, 0.2) is 0 Å². The first kappa shape index (κ1) is 27.4. The molecule has 2 aromatic carbocycles. The van der Waals surface area contributed by atoms with Gasteiger partial charge in [0.25, 0.3) is 0 Å². The average Bonchev–Trinajstić information content (AvgIpc) is 3.33. The van der Waals surface area contributed by atoms with E-state index in [1.54, 1.807) is 0 Å². The van der Waals surface area contributed by atoms with Crippen molar-refractivity contribution in [2.75, 3.05) is 20.1 Å². The zero-order chi connectivity index (χ0) is 27.4. The number of benzene rings is 2. The molecular weight excluding hydrogens is 482 g/mol. The minimum Gasteiger partial charge on any atom is -0.458 e. The lowest BCUT2D eigenvalue weighted by molar-refractivity contribution is -0.176. The van der Waals surface area contributed by atoms with Gasteiger partial charge in [-0.05, 0) is 63.3 Å². The van der Waals surface area contributed by atoms with Gasteiger partial charge in [0, 0.05) is 36.6 Å². The molecule has 3 atom stereocenters. The number of fused-ring (bicyclic) bond motifs is 2. The Hall–Kier alpha value is -3.18. The topological polar surface area (TPSA) is 58.2 Å². The molecule has 0 saturated heterocycles. The van der Waals surface area contributed by atoms with Crippen molar-refractivity contribution in [2.45, 2.75) is 64.9 Å². The first-order chi connectivity index (χ1) is 18.8. The van der Waals surface area contributed by atoms with Crippen molar-refractivity contribution in [3.8, 4) is 11.3 Å². The third-order valence-corrected chi connectivity index (χ3v) is 8.65. The molecule has 0 amide bonds. The van der Waals surface area contributed by atoms with E-state index in [-0.39, 0.29) is 17.8 Å². The van der Waals surface area contributed by atoms with Gasteiger partial charge in [-0.2, -0.15) is 0 Å². The Bertz CT molecular complexity index is 1280. The van der Waals surface area contributed by atoms with Crippen molar-refractivity contribution in [3.05, 3.63) is 83.8 Å². The number of rotatable bonds is 11. The second-order valence-corrected chi connectivity index (χ2v) is 11.9. The maximum atomic E-state index is 12.9. The van der Waals surface area contributed by atoms with Crippen LogP contribution in [0.2, 0.25) is 0 Å². The van der Waals surface area contributed by atoms with E-state index in [1.807, 2.05) is 19.9 Å². The van der Waals surface area contributed by atoms with Crippen LogP contribution in [0, 0.1) is 24.7 Å². The highest BCUT2D eigenvalue weighted by molar-refractivity contribution is 5.74. The molecular formula is C34H43N3O2. The first-order valence-electron chi connectivity index (χ1n) is 14.6. The highest BCUT2D eigenvalue weighted by Gasteiger charge is 2.50. The second kappa shape index (κ2) is 11.9. The standard InChI is InChI=1S/C34H43N3O2/c1-24(2)33(38)39-34(23-28-17-18-29(34)22-30(28)26-12-7-5-8-13-26)19-21-37(4)20-11-16-31-35-25(3)32(36-31)27-14-9-6-10-15-27/h5-10,12-15,22,24,28-29H,11,16-21,23H2,1-4H3,(H,35,36)/t28-,29-,34+/m0/s1. The van der Waals surface area contributed by atoms with Gasteiger partial charge in [-0.25, -0.2) is 4.98 Å². The number of hydrogen-bond acceptors (Lipinski definition) is 4. The minimum absolute atomic E-state index is 0.0673. The Balaban J connectivity index is 1.21. The van der Waals surface area contributed by atoms with E-state index in [1.165, 1.54) is 17.6 Å². The summed E-state index contributed by atoms with van der Waals surface area (Å²) in [5, 5.41) is 0. The maximum Gasteiger partial charge on any atom is 0.308 e. The summed E-state index contributed by atoms with van der Waals surface area (Å²) in [5.74, 6) is 1.59. The number of imidazole rings is 1. The van der Waals surface area contributed by atoms with Crippen molar-refractivity contribution in [1.29, 1.82) is 0 Å². The molecule has 39 heavy (non-hydrogen) atoms. The van der Waals surface area contributed by atoms with Crippen LogP contribution in [0.4, 0.5) is 0 Å². The molecule has 6 rings (SSSR count). The molecule has 5 nitrogen and oxygen atoms in total. The summed E-state index contributed by atoms with van der Waals surface area (Å²) in [5.41, 5.74) is 5.68. The van der Waals surface area contributed by atoms with E-state index in [2.05, 4.69) is 84.5 Å². The zero-order valence-corrected chi connectivity index (χ0v) is 24.0. The fraction of sp³-hybridized carbons (Fsp3) is 0.471. The largest absolute Gasteiger partial charge is 0.458 e. The molecule has 2 bridgehead atoms. The van der Waals surface area contributed by atoms with Crippen LogP contribution < -0.4 is 0 Å². The predicted octanol–water partition coefficient (Wildman–Crippen LogP) is 7.09. The smallest absolute Gasteiger partial charge is 0.308 e. The summed E-state index contributed by atoms with van der Waals surface area (Å²) in [6, 6.07) is 21.1. The van der Waals surface area contributed by atoms with Gasteiger partial charge in [0.2, 0.25) is 0 Å². The lowest BCUT2D eigenvalue weighted by atomic mass is 9.60. The van der Waals surface area contributed by atoms with Crippen molar-refractivity contribution >= 4 is 11.5 Å². The van der Waals surface area contributed by atoms with E-state index in [0.29, 0.717) is 5.92 Å². The Morgan fingerprint density at radius 3 is 2.38 bits per heavy atom. The summed E-state index contributed by atoms with van der Waals surface area (Å²) in [6.07, 6.45) is 8.45. The maximum absolute atomic E-state index is 12.9. The number of nitrogens with zero attached hydrogens (tertiary/aromatic N) is 2. The fourth-order valence-electron chi connectivity index (χ4n) is 6.43. The molecule has 1 saturated carbocycles. The molecule has 0 aliphatic heterocycles. The van der Waals surface area contributed by atoms with Crippen LogP contribution in [0.15, 0.2) is 66.7 Å². The molecule has 1 N–H and O–H groups in total. The van der Waals surface area contributed by atoms with Crippen molar-refractivity contribution in [3.63, 3.8) is 0 Å². The number of ether oxygens (including phenoxy) is 1. The average molecular weight is 526 g/mol. The number of aryl methyl sites for hydroxylation is 2. The number of carbonyl (C=O) groups is 1. The lowest BCUT2D eigenvalue weighted by Gasteiger charge is -2.50. The number of aromatic nitrogens is 2. The molecule has 0 unspecified atom stereocenters. The van der Waals surface area contributed by atoms with Crippen LogP contribution in [-0.2, 0) is 16.0 Å². The van der Waals surface area contributed by atoms with Gasteiger partial charge in [-0.3, -0.25) is 4.79 Å². The van der Waals surface area contributed by atoms with Crippen molar-refractivity contribution in [2.24, 2.45) is 17.8 Å². The van der Waals surface area contributed by atoms with Gasteiger partial charge in [-0.1, -0.05) is 80.6 Å². The quantitative estimate of drug-likeness (QED) is 0.272. The van der Waals surface area contributed by atoms with Gasteiger partial charge < -0.3 is 14.6 Å². The summed E-state index contributed by atoms with van der Waals surface area (Å²) in [7, 11) is 2.19. The Morgan fingerprint density at radius 1 is 1.05 bits per heavy atom. The first-order valence-corrected chi connectivity index (χ1v) is 14.6. The number of nitrogens with one attached hydrogen (secondary N) is 1. The van der Waals surface area contributed by atoms with Crippen LogP contribution in [0.1, 0.15) is 63.0 Å². The van der Waals surface area contributed by atoms with E-state index < -0.39 is 5.60 Å². The number of esters is 1. The van der Waals surface area contributed by atoms with Gasteiger partial charge >= 0.3 is 5.97 Å². The fourth-order valence-corrected chi connectivity index (χ4v) is 6.43. The van der Waals surface area contributed by atoms with Crippen molar-refractivity contribution in [1.82, 2.24) is 14.9 Å². The van der Waals surface area contributed by atoms with Gasteiger partial charge in [0.05, 0.1) is 11.6 Å². The van der Waals surface area contributed by atoms with Crippen LogP contribution >= 0.6 is 0 Å². The normalized spacial score (nSPS) is 22.4. The Labute approximate surface area is 233 Å². The Kier molecular flexibility index (Phi) is 8.37. The van der Waals surface area contributed by atoms with Gasteiger partial charge in [0.1, 0.15) is 11.4 Å². The SMILES string of the molecule is Cc1[nH]c(CCCN(C)CC[C@@]2(OC(=O)C(C)C)C[C@@H]3CC[C@H]2C=C3c2ccccc2)nc1-c1ccccc1. The number of aromatic amines is 1. The summed E-state index contributed by atoms with van der Waals surface area (Å²) < 4.78 is 6.42. The highest BCUT2D eigenvalue weighted by Crippen LogP contribution is 2.53. The van der Waals surface area contributed by atoms with Gasteiger partial charge in [-0.15, -0.1) is 0 Å². The molecule has 1 fully saturated rings. The highest BCUT2D eigenvalue weighted by atomic mass is 16.6. The molecule has 206 valence electrons. The molecule has 1 aromatic heterocycles. The number of carbonyl (C=O) groups excluding carboxylic acids is 1. The number of H-pyrrole nitrogens is 1. The third-order valence-electron chi connectivity index (χ3n) is 8.65. The number of allylic oxidation sites excluding steroid dienone is 1. The molecule has 1 heterocycles. The monoisotopic (exact) mass is 525 g/mol. The minimum atomic E-state index is -0.403. The van der Waals surface area contributed by atoms with Crippen LogP contribution in [0.3, 0.4) is 0 Å². The van der Waals surface area contributed by atoms with Crippen LogP contribution in [0.25, 0.3) is 16.8 Å². The lowest BCUT2D eigenvalue weighted by Crippen LogP contribution is -2.51. The van der Waals surface area contributed by atoms with E-state index in [9.17, 15) is 4.79 Å². The molecule has 3 aromatic rings. The molecule has 3 aliphatic rings. The molecule has 0 spiro atoms. The number of hydrogen-bond donors (Lipinski definition) is 1. The third kappa shape index (κ3) is 6.19. The molecule has 3 aliphatic carbocycles. The molecule has 0 radical (unpaired) electrons. The summed E-state index contributed by atoms with van der Waals surface area (Å²) in [6.45, 7) is 7.86. The second-order valence-electron chi connectivity index (χ2n) is 11.9. The van der Waals surface area contributed by atoms with Crippen molar-refractivity contribution < 1.29 is 9.53 Å². The van der Waals surface area contributed by atoms with E-state index in [0.717, 1.165) is 68.0 Å². The summed E-state index contributed by atoms with van der Waals surface area (Å²) >= 11 is 0. The molecule has 5 heteroatoms. The van der Waals surface area contributed by atoms with E-state index in [4.69, 9.17) is 9.72 Å². The van der Waals surface area contributed by atoms with Crippen LogP contribution in [-0.4, -0.2) is 46.6 Å². The Morgan fingerprint density at radius 2 is 1.74 bits per heavy atom. The predicted molar refractivity (Wildman–Crippen MR) is 158 cm³/mol.